The average Bonchev–Trinajstić information content (AvgIpc) is 2.47. The zero-order valence-electron chi connectivity index (χ0n) is 11.1. The molecule has 0 saturated heterocycles. The van der Waals surface area contributed by atoms with Crippen LogP contribution in [0.15, 0.2) is 42.5 Å². The van der Waals surface area contributed by atoms with Gasteiger partial charge in [0.2, 0.25) is 0 Å². The lowest BCUT2D eigenvalue weighted by molar-refractivity contribution is 0.0600. The van der Waals surface area contributed by atoms with Crippen LogP contribution in [0.3, 0.4) is 0 Å². The molecule has 21 heavy (non-hydrogen) atoms. The maximum Gasteiger partial charge on any atom is 0.337 e. The molecule has 0 aliphatic carbocycles. The number of benzene rings is 2. The van der Waals surface area contributed by atoms with Gasteiger partial charge in [0.25, 0.3) is 5.91 Å². The molecule has 2 aromatic carbocycles. The molecule has 0 saturated carbocycles. The number of hydrogen-bond donors (Lipinski definition) is 2. The Hall–Kier alpha value is -2.53. The highest BCUT2D eigenvalue weighted by molar-refractivity contribution is 6.31. The van der Waals surface area contributed by atoms with Gasteiger partial charge in [-0.15, -0.1) is 0 Å². The number of carbonyl (C=O) groups is 2. The number of phenolic OH excluding ortho intramolecular Hbond substituents is 1. The lowest BCUT2D eigenvalue weighted by atomic mass is 10.1. The second-order valence-corrected chi connectivity index (χ2v) is 4.62. The highest BCUT2D eigenvalue weighted by Gasteiger charge is 2.12. The third kappa shape index (κ3) is 3.52. The van der Waals surface area contributed by atoms with Gasteiger partial charge in [-0.05, 0) is 42.5 Å². The van der Waals surface area contributed by atoms with Crippen LogP contribution in [0.25, 0.3) is 0 Å². The van der Waals surface area contributed by atoms with Gasteiger partial charge in [-0.1, -0.05) is 11.6 Å². The van der Waals surface area contributed by atoms with Crippen molar-refractivity contribution in [3.05, 3.63) is 58.6 Å². The van der Waals surface area contributed by atoms with Crippen molar-refractivity contribution in [1.82, 2.24) is 0 Å². The number of rotatable bonds is 3. The predicted octanol–water partition coefficient (Wildman–Crippen LogP) is 3.08. The first-order valence-electron chi connectivity index (χ1n) is 5.99. The minimum absolute atomic E-state index is 0.108. The van der Waals surface area contributed by atoms with E-state index in [4.69, 9.17) is 11.6 Å². The van der Waals surface area contributed by atoms with Crippen molar-refractivity contribution < 1.29 is 19.4 Å². The number of halogens is 1. The first-order valence-corrected chi connectivity index (χ1v) is 6.37. The van der Waals surface area contributed by atoms with E-state index in [1.807, 2.05) is 0 Å². The Labute approximate surface area is 126 Å². The molecule has 2 aromatic rings. The summed E-state index contributed by atoms with van der Waals surface area (Å²) < 4.78 is 4.58. The molecule has 1 amide bonds. The largest absolute Gasteiger partial charge is 0.507 e. The number of aromatic hydroxyl groups is 1. The van der Waals surface area contributed by atoms with Gasteiger partial charge in [-0.2, -0.15) is 0 Å². The topological polar surface area (TPSA) is 75.6 Å². The molecule has 2 N–H and O–H groups in total. The Balaban J connectivity index is 2.14. The van der Waals surface area contributed by atoms with Crippen LogP contribution in [-0.4, -0.2) is 24.1 Å². The smallest absolute Gasteiger partial charge is 0.337 e. The molecule has 6 heteroatoms. The van der Waals surface area contributed by atoms with Crippen molar-refractivity contribution in [1.29, 1.82) is 0 Å². The molecule has 0 fully saturated rings. The Kier molecular flexibility index (Phi) is 4.45. The molecule has 0 aliphatic rings. The van der Waals surface area contributed by atoms with E-state index in [0.29, 0.717) is 16.3 Å². The van der Waals surface area contributed by atoms with Crippen molar-refractivity contribution in [2.75, 3.05) is 12.4 Å². The van der Waals surface area contributed by atoms with E-state index in [1.165, 1.54) is 37.4 Å². The monoisotopic (exact) mass is 305 g/mol. The molecule has 0 spiro atoms. The van der Waals surface area contributed by atoms with E-state index in [-0.39, 0.29) is 11.3 Å². The van der Waals surface area contributed by atoms with Crippen LogP contribution in [0, 0.1) is 0 Å². The third-order valence-electron chi connectivity index (χ3n) is 2.77. The van der Waals surface area contributed by atoms with Crippen molar-refractivity contribution in [2.24, 2.45) is 0 Å². The second kappa shape index (κ2) is 6.28. The number of phenols is 1. The lowest BCUT2D eigenvalue weighted by Gasteiger charge is -2.07. The summed E-state index contributed by atoms with van der Waals surface area (Å²) in [6.45, 7) is 0. The summed E-state index contributed by atoms with van der Waals surface area (Å²) >= 11 is 5.71. The number of esters is 1. The van der Waals surface area contributed by atoms with Gasteiger partial charge >= 0.3 is 5.97 Å². The molecule has 0 radical (unpaired) electrons. The molecule has 0 aliphatic heterocycles. The van der Waals surface area contributed by atoms with E-state index < -0.39 is 11.9 Å². The first-order chi connectivity index (χ1) is 10.0. The molecule has 0 unspecified atom stereocenters. The van der Waals surface area contributed by atoms with Gasteiger partial charge in [0.15, 0.2) is 0 Å². The second-order valence-electron chi connectivity index (χ2n) is 4.18. The minimum Gasteiger partial charge on any atom is -0.507 e. The van der Waals surface area contributed by atoms with Crippen LogP contribution >= 0.6 is 11.6 Å². The van der Waals surface area contributed by atoms with E-state index in [0.717, 1.165) is 0 Å². The van der Waals surface area contributed by atoms with E-state index in [2.05, 4.69) is 10.1 Å². The Morgan fingerprint density at radius 3 is 2.38 bits per heavy atom. The molecule has 0 atom stereocenters. The van der Waals surface area contributed by atoms with Crippen LogP contribution in [-0.2, 0) is 4.74 Å². The number of anilines is 1. The molecule has 5 nitrogen and oxygen atoms in total. The van der Waals surface area contributed by atoms with E-state index in [9.17, 15) is 14.7 Å². The number of amides is 1. The van der Waals surface area contributed by atoms with E-state index >= 15 is 0 Å². The molecule has 0 heterocycles. The fourth-order valence-corrected chi connectivity index (χ4v) is 1.87. The van der Waals surface area contributed by atoms with Crippen molar-refractivity contribution >= 4 is 29.2 Å². The quantitative estimate of drug-likeness (QED) is 0.854. The zero-order chi connectivity index (χ0) is 15.4. The summed E-state index contributed by atoms with van der Waals surface area (Å²) in [5.41, 5.74) is 0.975. The molecule has 2 rings (SSSR count). The number of carbonyl (C=O) groups excluding carboxylic acids is 2. The summed E-state index contributed by atoms with van der Waals surface area (Å²) in [5, 5.41) is 12.6. The van der Waals surface area contributed by atoms with Gasteiger partial charge in [-0.25, -0.2) is 4.79 Å². The molecule has 0 bridgehead atoms. The summed E-state index contributed by atoms with van der Waals surface area (Å²) in [6, 6.07) is 10.4. The summed E-state index contributed by atoms with van der Waals surface area (Å²) in [7, 11) is 1.29. The van der Waals surface area contributed by atoms with Gasteiger partial charge in [0.05, 0.1) is 18.2 Å². The number of nitrogens with one attached hydrogen (secondary N) is 1. The van der Waals surface area contributed by atoms with Crippen LogP contribution in [0.4, 0.5) is 5.69 Å². The number of ether oxygens (including phenoxy) is 1. The predicted molar refractivity (Wildman–Crippen MR) is 78.9 cm³/mol. The zero-order valence-corrected chi connectivity index (χ0v) is 11.8. The lowest BCUT2D eigenvalue weighted by Crippen LogP contribution is -2.12. The fourth-order valence-electron chi connectivity index (χ4n) is 1.70. The van der Waals surface area contributed by atoms with Gasteiger partial charge in [0, 0.05) is 10.7 Å². The van der Waals surface area contributed by atoms with Crippen LogP contribution in [0.1, 0.15) is 20.7 Å². The SMILES string of the molecule is COC(=O)c1ccc(NC(=O)c2ccc(Cl)cc2O)cc1. The van der Waals surface area contributed by atoms with Gasteiger partial charge in [-0.3, -0.25) is 4.79 Å². The number of methoxy groups -OCH3 is 1. The average molecular weight is 306 g/mol. The Morgan fingerprint density at radius 2 is 1.81 bits per heavy atom. The Bertz CT molecular complexity index is 683. The number of hydrogen-bond acceptors (Lipinski definition) is 4. The van der Waals surface area contributed by atoms with Crippen LogP contribution in [0.5, 0.6) is 5.75 Å². The Morgan fingerprint density at radius 1 is 1.14 bits per heavy atom. The maximum absolute atomic E-state index is 12.0. The molecule has 108 valence electrons. The van der Waals surface area contributed by atoms with Crippen LogP contribution in [0.2, 0.25) is 5.02 Å². The summed E-state index contributed by atoms with van der Waals surface area (Å²) in [6.07, 6.45) is 0. The third-order valence-corrected chi connectivity index (χ3v) is 3.00. The first kappa shape index (κ1) is 14.9. The molecular formula is C15H12ClNO4. The highest BCUT2D eigenvalue weighted by atomic mass is 35.5. The van der Waals surface area contributed by atoms with E-state index in [1.54, 1.807) is 12.1 Å². The van der Waals surface area contributed by atoms with Crippen LogP contribution < -0.4 is 5.32 Å². The molecule has 0 aromatic heterocycles. The van der Waals surface area contributed by atoms with Crippen molar-refractivity contribution in [3.63, 3.8) is 0 Å². The normalized spacial score (nSPS) is 10.0. The minimum atomic E-state index is -0.477. The van der Waals surface area contributed by atoms with Crippen molar-refractivity contribution in [3.8, 4) is 5.75 Å². The highest BCUT2D eigenvalue weighted by Crippen LogP contribution is 2.23. The van der Waals surface area contributed by atoms with Gasteiger partial charge in [0.1, 0.15) is 5.75 Å². The standard InChI is InChI=1S/C15H12ClNO4/c1-21-15(20)9-2-5-11(6-3-9)17-14(19)12-7-4-10(16)8-13(12)18/h2-8,18H,1H3,(H,17,19). The molecular weight excluding hydrogens is 294 g/mol. The van der Waals surface area contributed by atoms with Gasteiger partial charge < -0.3 is 15.2 Å². The summed E-state index contributed by atoms with van der Waals surface area (Å²) in [5.74, 6) is -1.13. The van der Waals surface area contributed by atoms with Crippen molar-refractivity contribution in [2.45, 2.75) is 0 Å². The fraction of sp³-hybridized carbons (Fsp3) is 0.0667. The maximum atomic E-state index is 12.0. The summed E-state index contributed by atoms with van der Waals surface area (Å²) in [4.78, 5) is 23.3.